The number of carbonyl (C=O) groups is 1. The second-order valence-electron chi connectivity index (χ2n) is 6.58. The summed E-state index contributed by atoms with van der Waals surface area (Å²) in [5, 5.41) is 3.11. The zero-order valence-electron chi connectivity index (χ0n) is 14.1. The van der Waals surface area contributed by atoms with E-state index in [4.69, 9.17) is 21.7 Å². The van der Waals surface area contributed by atoms with E-state index in [9.17, 15) is 4.79 Å². The van der Waals surface area contributed by atoms with Crippen LogP contribution in [0.1, 0.15) is 31.9 Å². The Balaban J connectivity index is 2.17. The highest BCUT2D eigenvalue weighted by Crippen LogP contribution is 2.25. The molecule has 1 aromatic rings. The van der Waals surface area contributed by atoms with Gasteiger partial charge in [0.1, 0.15) is 12.2 Å². The second-order valence-corrected chi connectivity index (χ2v) is 6.95. The van der Waals surface area contributed by atoms with Crippen LogP contribution >= 0.6 is 12.2 Å². The van der Waals surface area contributed by atoms with Gasteiger partial charge in [-0.1, -0.05) is 24.3 Å². The topological polar surface area (TPSA) is 50.8 Å². The predicted molar refractivity (Wildman–Crippen MR) is 93.3 cm³/mol. The van der Waals surface area contributed by atoms with Gasteiger partial charge in [-0.15, -0.1) is 0 Å². The summed E-state index contributed by atoms with van der Waals surface area (Å²) in [6, 6.07) is 8.02. The molecule has 1 atom stereocenters. The first kappa shape index (κ1) is 17.5. The maximum Gasteiger partial charge on any atom is 0.410 e. The molecule has 0 spiro atoms. The first-order valence-electron chi connectivity index (χ1n) is 7.71. The molecule has 6 heteroatoms. The quantitative estimate of drug-likeness (QED) is 0.842. The number of amides is 1. The molecule has 0 aliphatic carbocycles. The van der Waals surface area contributed by atoms with Crippen molar-refractivity contribution in [2.75, 3.05) is 13.7 Å². The molecule has 2 rings (SSSR count). The Bertz CT molecular complexity index is 583. The number of rotatable bonds is 2. The van der Waals surface area contributed by atoms with Crippen molar-refractivity contribution in [2.45, 2.75) is 45.4 Å². The van der Waals surface area contributed by atoms with Gasteiger partial charge in [-0.3, -0.25) is 4.90 Å². The lowest BCUT2D eigenvalue weighted by atomic mass is 9.95. The smallest absolute Gasteiger partial charge is 0.410 e. The molecule has 0 radical (unpaired) electrons. The van der Waals surface area contributed by atoms with E-state index >= 15 is 0 Å². The molecule has 0 saturated heterocycles. The predicted octanol–water partition coefficient (Wildman–Crippen LogP) is 2.87. The number of fused-ring (bicyclic) bond motifs is 1. The third kappa shape index (κ3) is 4.82. The molecule has 0 saturated carbocycles. The fourth-order valence-electron chi connectivity index (χ4n) is 2.51. The van der Waals surface area contributed by atoms with Gasteiger partial charge >= 0.3 is 6.09 Å². The van der Waals surface area contributed by atoms with Crippen LogP contribution in [0.15, 0.2) is 24.3 Å². The molecule has 1 N–H and O–H groups in total. The van der Waals surface area contributed by atoms with Crippen molar-refractivity contribution in [3.8, 4) is 0 Å². The molecule has 23 heavy (non-hydrogen) atoms. The third-order valence-corrected chi connectivity index (χ3v) is 3.92. The van der Waals surface area contributed by atoms with Crippen LogP contribution in [0.5, 0.6) is 0 Å². The van der Waals surface area contributed by atoms with E-state index < -0.39 is 5.60 Å². The van der Waals surface area contributed by atoms with Crippen LogP contribution in [0.2, 0.25) is 0 Å². The van der Waals surface area contributed by atoms with Crippen LogP contribution in [-0.4, -0.2) is 41.5 Å². The number of nitrogens with zero attached hydrogens (tertiary/aromatic N) is 1. The molecule has 0 fully saturated rings. The van der Waals surface area contributed by atoms with Crippen LogP contribution in [0.3, 0.4) is 0 Å². The molecule has 1 aromatic carbocycles. The summed E-state index contributed by atoms with van der Waals surface area (Å²) < 4.78 is 11.1. The molecular formula is C17H24N2O3S. The van der Waals surface area contributed by atoms with E-state index in [-0.39, 0.29) is 12.1 Å². The van der Waals surface area contributed by atoms with Gasteiger partial charge in [0.15, 0.2) is 0 Å². The molecule has 1 aliphatic rings. The average molecular weight is 336 g/mol. The van der Waals surface area contributed by atoms with Gasteiger partial charge in [-0.25, -0.2) is 4.79 Å². The molecule has 1 heterocycles. The summed E-state index contributed by atoms with van der Waals surface area (Å²) in [6.45, 7) is 6.46. The first-order chi connectivity index (χ1) is 10.8. The summed E-state index contributed by atoms with van der Waals surface area (Å²) in [4.78, 5) is 14.3. The lowest BCUT2D eigenvalue weighted by Gasteiger charge is -2.37. The van der Waals surface area contributed by atoms with Gasteiger partial charge < -0.3 is 14.8 Å². The Labute approximate surface area is 142 Å². The second kappa shape index (κ2) is 7.17. The SMILES string of the molecule is CNC(=S)OCC1Cc2ccccc2CN1C(=O)OC(C)(C)C. The van der Waals surface area contributed by atoms with E-state index in [2.05, 4.69) is 11.4 Å². The van der Waals surface area contributed by atoms with Crippen LogP contribution in [0.25, 0.3) is 0 Å². The highest BCUT2D eigenvalue weighted by atomic mass is 32.1. The van der Waals surface area contributed by atoms with Crippen molar-refractivity contribution in [3.05, 3.63) is 35.4 Å². The van der Waals surface area contributed by atoms with Gasteiger partial charge in [-0.05, 0) is 50.5 Å². The van der Waals surface area contributed by atoms with E-state index in [1.54, 1.807) is 11.9 Å². The number of hydrogen-bond donors (Lipinski definition) is 1. The zero-order chi connectivity index (χ0) is 17.0. The Morgan fingerprint density at radius 1 is 1.35 bits per heavy atom. The summed E-state index contributed by atoms with van der Waals surface area (Å²) in [5.74, 6) is 0. The number of benzene rings is 1. The van der Waals surface area contributed by atoms with Crippen LogP contribution in [-0.2, 0) is 22.4 Å². The van der Waals surface area contributed by atoms with Crippen LogP contribution in [0, 0.1) is 0 Å². The van der Waals surface area contributed by atoms with Crippen molar-refractivity contribution in [2.24, 2.45) is 0 Å². The van der Waals surface area contributed by atoms with E-state index in [0.717, 1.165) is 12.0 Å². The molecule has 1 aliphatic heterocycles. The van der Waals surface area contributed by atoms with Crippen LogP contribution in [0.4, 0.5) is 4.79 Å². The Morgan fingerprint density at radius 3 is 2.61 bits per heavy atom. The standard InChI is InChI=1S/C17H24N2O3S/c1-17(2,3)22-16(20)19-10-13-8-6-5-7-12(13)9-14(19)11-21-15(23)18-4/h5-8,14H,9-11H2,1-4H3,(H,18,23). The molecule has 0 bridgehead atoms. The van der Waals surface area contributed by atoms with Gasteiger partial charge in [0.2, 0.25) is 0 Å². The largest absolute Gasteiger partial charge is 0.469 e. The van der Waals surface area contributed by atoms with E-state index in [1.165, 1.54) is 5.56 Å². The molecule has 1 amide bonds. The van der Waals surface area contributed by atoms with Gasteiger partial charge in [-0.2, -0.15) is 0 Å². The summed E-state index contributed by atoms with van der Waals surface area (Å²) in [7, 11) is 1.71. The minimum absolute atomic E-state index is 0.106. The van der Waals surface area contributed by atoms with Gasteiger partial charge in [0.05, 0.1) is 6.04 Å². The minimum Gasteiger partial charge on any atom is -0.469 e. The highest BCUT2D eigenvalue weighted by molar-refractivity contribution is 7.80. The molecular weight excluding hydrogens is 312 g/mol. The van der Waals surface area contributed by atoms with Crippen LogP contribution < -0.4 is 5.32 Å². The van der Waals surface area contributed by atoms with Crippen molar-refractivity contribution < 1.29 is 14.3 Å². The highest BCUT2D eigenvalue weighted by Gasteiger charge is 2.33. The monoisotopic (exact) mass is 336 g/mol. The Morgan fingerprint density at radius 2 is 2.00 bits per heavy atom. The summed E-state index contributed by atoms with van der Waals surface area (Å²) in [5.41, 5.74) is 1.85. The number of thiocarbonyl (C=S) groups is 1. The van der Waals surface area contributed by atoms with Gasteiger partial charge in [0, 0.05) is 13.6 Å². The molecule has 0 aromatic heterocycles. The lowest BCUT2D eigenvalue weighted by molar-refractivity contribution is 0.00551. The average Bonchev–Trinajstić information content (AvgIpc) is 2.49. The van der Waals surface area contributed by atoms with Crippen molar-refractivity contribution in [1.29, 1.82) is 0 Å². The Kier molecular flexibility index (Phi) is 5.46. The van der Waals surface area contributed by atoms with Gasteiger partial charge in [0.25, 0.3) is 5.17 Å². The zero-order valence-corrected chi connectivity index (χ0v) is 14.9. The molecule has 1 unspecified atom stereocenters. The van der Waals surface area contributed by atoms with Crippen molar-refractivity contribution >= 4 is 23.5 Å². The molecule has 126 valence electrons. The fraction of sp³-hybridized carbons (Fsp3) is 0.529. The lowest BCUT2D eigenvalue weighted by Crippen LogP contribution is -2.49. The fourth-order valence-corrected chi connectivity index (χ4v) is 2.58. The summed E-state index contributed by atoms with van der Waals surface area (Å²) >= 11 is 5.03. The maximum absolute atomic E-state index is 12.5. The molecule has 5 nitrogen and oxygen atoms in total. The van der Waals surface area contributed by atoms with E-state index in [0.29, 0.717) is 18.3 Å². The first-order valence-corrected chi connectivity index (χ1v) is 8.12. The number of carbonyl (C=O) groups excluding carboxylic acids is 1. The van der Waals surface area contributed by atoms with E-state index in [1.807, 2.05) is 39.0 Å². The number of ether oxygens (including phenoxy) is 2. The minimum atomic E-state index is -0.528. The maximum atomic E-state index is 12.5. The number of nitrogens with one attached hydrogen (secondary N) is 1. The normalized spacial score (nSPS) is 17.2. The Hall–Kier alpha value is -1.82. The summed E-state index contributed by atoms with van der Waals surface area (Å²) in [6.07, 6.45) is 0.401. The van der Waals surface area contributed by atoms with Crippen molar-refractivity contribution in [1.82, 2.24) is 10.2 Å². The third-order valence-electron chi connectivity index (χ3n) is 3.59. The number of hydrogen-bond acceptors (Lipinski definition) is 4. The van der Waals surface area contributed by atoms with Crippen molar-refractivity contribution in [3.63, 3.8) is 0 Å².